The number of rotatable bonds is 2. The van der Waals surface area contributed by atoms with Crippen molar-refractivity contribution in [3.05, 3.63) is 23.1 Å². The van der Waals surface area contributed by atoms with E-state index in [0.29, 0.717) is 11.3 Å². The second-order valence-corrected chi connectivity index (χ2v) is 3.49. The van der Waals surface area contributed by atoms with Crippen molar-refractivity contribution >= 4 is 11.6 Å². The number of ether oxygens (including phenoxy) is 1. The third kappa shape index (κ3) is 1.73. The molecule has 2 rings (SSSR count). The zero-order valence-corrected chi connectivity index (χ0v) is 8.14. The summed E-state index contributed by atoms with van der Waals surface area (Å²) in [7, 11) is 1.74. The van der Waals surface area contributed by atoms with Crippen LogP contribution in [0.2, 0.25) is 0 Å². The summed E-state index contributed by atoms with van der Waals surface area (Å²) in [4.78, 5) is 2.18. The minimum absolute atomic E-state index is 0.365. The molecular weight excluding hydrogens is 190 g/mol. The smallest absolute Gasteiger partial charge is 0.120 e. The van der Waals surface area contributed by atoms with Gasteiger partial charge in [0.2, 0.25) is 0 Å². The summed E-state index contributed by atoms with van der Waals surface area (Å²) >= 11 is 5.70. The van der Waals surface area contributed by atoms with Crippen LogP contribution in [0.25, 0.3) is 0 Å². The molecule has 0 radical (unpaired) electrons. The average Bonchev–Trinajstić information content (AvgIpc) is 2.06. The van der Waals surface area contributed by atoms with E-state index in [2.05, 4.69) is 15.8 Å². The van der Waals surface area contributed by atoms with Crippen molar-refractivity contribution in [2.75, 3.05) is 20.2 Å². The first-order valence-corrected chi connectivity index (χ1v) is 4.54. The van der Waals surface area contributed by atoms with Gasteiger partial charge in [-0.15, -0.1) is 0 Å². The number of allylic oxidation sites excluding steroid dienone is 2. The van der Waals surface area contributed by atoms with Crippen LogP contribution >= 0.6 is 11.6 Å². The first kappa shape index (κ1) is 8.72. The third-order valence-corrected chi connectivity index (χ3v) is 2.44. The minimum atomic E-state index is 0.365. The Labute approximate surface area is 82.1 Å². The number of methoxy groups -OCH3 is 1. The lowest BCUT2D eigenvalue weighted by Crippen LogP contribution is -2.55. The van der Waals surface area contributed by atoms with Crippen LogP contribution in [0.15, 0.2) is 23.1 Å². The standard InChI is InChI=1S/C8H12ClN3O/c1-13-6-4-12(5-6)8-3-2-7(9)10-11-8/h2-3,6,10-11H,4-5H2,1H3. The van der Waals surface area contributed by atoms with Crippen LogP contribution < -0.4 is 10.9 Å². The Morgan fingerprint density at radius 3 is 2.77 bits per heavy atom. The molecule has 1 fully saturated rings. The summed E-state index contributed by atoms with van der Waals surface area (Å²) in [5.74, 6) is 1.04. The normalized spacial score (nSPS) is 22.5. The van der Waals surface area contributed by atoms with Gasteiger partial charge in [-0.25, -0.2) is 0 Å². The van der Waals surface area contributed by atoms with Crippen LogP contribution in [0.4, 0.5) is 0 Å². The monoisotopic (exact) mass is 201 g/mol. The van der Waals surface area contributed by atoms with Crippen molar-refractivity contribution in [3.8, 4) is 0 Å². The van der Waals surface area contributed by atoms with E-state index in [4.69, 9.17) is 16.3 Å². The van der Waals surface area contributed by atoms with Gasteiger partial charge in [0, 0.05) is 20.2 Å². The van der Waals surface area contributed by atoms with Crippen LogP contribution in [0.5, 0.6) is 0 Å². The first-order valence-electron chi connectivity index (χ1n) is 4.17. The molecule has 2 aliphatic heterocycles. The second-order valence-electron chi connectivity index (χ2n) is 3.08. The van der Waals surface area contributed by atoms with Crippen molar-refractivity contribution in [2.24, 2.45) is 0 Å². The van der Waals surface area contributed by atoms with E-state index < -0.39 is 0 Å². The second kappa shape index (κ2) is 3.47. The molecule has 5 heteroatoms. The number of hydrazine groups is 1. The first-order chi connectivity index (χ1) is 6.29. The van der Waals surface area contributed by atoms with Gasteiger partial charge in [-0.3, -0.25) is 10.9 Å². The van der Waals surface area contributed by atoms with Crippen molar-refractivity contribution < 1.29 is 4.74 Å². The molecule has 1 saturated heterocycles. The number of hydrogen-bond donors (Lipinski definition) is 2. The fourth-order valence-electron chi connectivity index (χ4n) is 1.33. The van der Waals surface area contributed by atoms with E-state index in [1.807, 2.05) is 12.2 Å². The number of halogens is 1. The molecule has 0 spiro atoms. The summed E-state index contributed by atoms with van der Waals surface area (Å²) in [5, 5.41) is 0.604. The Hall–Kier alpha value is -0.870. The molecule has 0 unspecified atom stereocenters. The molecule has 0 aromatic carbocycles. The molecule has 2 N–H and O–H groups in total. The van der Waals surface area contributed by atoms with Gasteiger partial charge >= 0.3 is 0 Å². The van der Waals surface area contributed by atoms with E-state index in [-0.39, 0.29) is 0 Å². The molecule has 2 heterocycles. The number of nitrogens with zero attached hydrogens (tertiary/aromatic N) is 1. The number of likely N-dealkylation sites (tertiary alicyclic amines) is 1. The van der Waals surface area contributed by atoms with Crippen molar-refractivity contribution in [1.29, 1.82) is 0 Å². The van der Waals surface area contributed by atoms with Gasteiger partial charge in [0.1, 0.15) is 11.0 Å². The lowest BCUT2D eigenvalue weighted by molar-refractivity contribution is -0.0157. The maximum absolute atomic E-state index is 5.70. The third-order valence-electron chi connectivity index (χ3n) is 2.22. The highest BCUT2D eigenvalue weighted by Crippen LogP contribution is 2.17. The van der Waals surface area contributed by atoms with Gasteiger partial charge in [-0.1, -0.05) is 11.6 Å². The van der Waals surface area contributed by atoms with Crippen LogP contribution in [-0.4, -0.2) is 31.2 Å². The van der Waals surface area contributed by atoms with E-state index >= 15 is 0 Å². The van der Waals surface area contributed by atoms with Crippen LogP contribution in [0.1, 0.15) is 0 Å². The summed E-state index contributed by atoms with van der Waals surface area (Å²) in [6.45, 7) is 1.87. The predicted octanol–water partition coefficient (Wildman–Crippen LogP) is 0.346. The predicted molar refractivity (Wildman–Crippen MR) is 50.7 cm³/mol. The highest BCUT2D eigenvalue weighted by molar-refractivity contribution is 6.29. The maximum Gasteiger partial charge on any atom is 0.120 e. The van der Waals surface area contributed by atoms with Crippen LogP contribution in [0.3, 0.4) is 0 Å². The molecule has 4 nitrogen and oxygen atoms in total. The van der Waals surface area contributed by atoms with Gasteiger partial charge in [0.05, 0.1) is 6.10 Å². The van der Waals surface area contributed by atoms with Gasteiger partial charge in [-0.05, 0) is 12.2 Å². The molecular formula is C8H12ClN3O. The Balaban J connectivity index is 1.90. The van der Waals surface area contributed by atoms with Gasteiger partial charge in [0.25, 0.3) is 0 Å². The van der Waals surface area contributed by atoms with E-state index in [0.717, 1.165) is 18.9 Å². The molecule has 0 aromatic heterocycles. The maximum atomic E-state index is 5.70. The van der Waals surface area contributed by atoms with Crippen LogP contribution in [-0.2, 0) is 4.74 Å². The van der Waals surface area contributed by atoms with Crippen molar-refractivity contribution in [1.82, 2.24) is 15.8 Å². The zero-order chi connectivity index (χ0) is 9.26. The lowest BCUT2D eigenvalue weighted by Gasteiger charge is -2.41. The fraction of sp³-hybridized carbons (Fsp3) is 0.500. The molecule has 0 saturated carbocycles. The Kier molecular flexibility index (Phi) is 2.33. The van der Waals surface area contributed by atoms with Gasteiger partial charge in [0.15, 0.2) is 0 Å². The average molecular weight is 202 g/mol. The minimum Gasteiger partial charge on any atom is -0.378 e. The van der Waals surface area contributed by atoms with E-state index in [1.54, 1.807) is 7.11 Å². The van der Waals surface area contributed by atoms with Crippen molar-refractivity contribution in [2.45, 2.75) is 6.10 Å². The molecule has 0 aromatic rings. The molecule has 0 bridgehead atoms. The van der Waals surface area contributed by atoms with Crippen LogP contribution in [0, 0.1) is 0 Å². The number of nitrogens with one attached hydrogen (secondary N) is 2. The summed E-state index contributed by atoms with van der Waals surface area (Å²) in [6, 6.07) is 0. The van der Waals surface area contributed by atoms with Crippen molar-refractivity contribution in [3.63, 3.8) is 0 Å². The molecule has 72 valence electrons. The van der Waals surface area contributed by atoms with E-state index in [1.165, 1.54) is 0 Å². The molecule has 0 amide bonds. The summed E-state index contributed by atoms with van der Waals surface area (Å²) in [5.41, 5.74) is 5.84. The topological polar surface area (TPSA) is 36.5 Å². The molecule has 2 aliphatic rings. The fourth-order valence-corrected chi connectivity index (χ4v) is 1.44. The molecule has 13 heavy (non-hydrogen) atoms. The van der Waals surface area contributed by atoms with Gasteiger partial charge in [-0.2, -0.15) is 0 Å². The molecule has 0 atom stereocenters. The van der Waals surface area contributed by atoms with Gasteiger partial charge < -0.3 is 9.64 Å². The highest BCUT2D eigenvalue weighted by atomic mass is 35.5. The largest absolute Gasteiger partial charge is 0.378 e. The van der Waals surface area contributed by atoms with E-state index in [9.17, 15) is 0 Å². The Morgan fingerprint density at radius 1 is 1.46 bits per heavy atom. The zero-order valence-electron chi connectivity index (χ0n) is 7.38. The quantitative estimate of drug-likeness (QED) is 0.633. The molecule has 0 aliphatic carbocycles. The SMILES string of the molecule is COC1CN(C2=CC=C(Cl)NN2)C1. The summed E-state index contributed by atoms with van der Waals surface area (Å²) in [6.07, 6.45) is 4.14. The lowest BCUT2D eigenvalue weighted by atomic mass is 10.1. The Bertz CT molecular complexity index is 258. The number of hydrogen-bond acceptors (Lipinski definition) is 4. The summed E-state index contributed by atoms with van der Waals surface area (Å²) < 4.78 is 5.17. The Morgan fingerprint density at radius 2 is 2.23 bits per heavy atom. The highest BCUT2D eigenvalue weighted by Gasteiger charge is 2.28.